The molecule has 0 aromatic heterocycles. The summed E-state index contributed by atoms with van der Waals surface area (Å²) in [5.41, 5.74) is 0.908. The van der Waals surface area contributed by atoms with Gasteiger partial charge in [-0.15, -0.1) is 24.0 Å². The first kappa shape index (κ1) is 18.2. The third-order valence-electron chi connectivity index (χ3n) is 3.53. The van der Waals surface area contributed by atoms with Gasteiger partial charge in [-0.1, -0.05) is 12.1 Å². The number of hydrogen-bond donors (Lipinski definition) is 2. The van der Waals surface area contributed by atoms with Gasteiger partial charge in [-0.05, 0) is 37.5 Å². The van der Waals surface area contributed by atoms with E-state index in [2.05, 4.69) is 22.5 Å². The normalized spacial score (nSPS) is 21.8. The van der Waals surface area contributed by atoms with Crippen molar-refractivity contribution in [1.29, 1.82) is 0 Å². The van der Waals surface area contributed by atoms with Gasteiger partial charge in [0.15, 0.2) is 5.96 Å². The zero-order valence-corrected chi connectivity index (χ0v) is 14.8. The lowest BCUT2D eigenvalue weighted by atomic mass is 10.0. The van der Waals surface area contributed by atoms with Crippen LogP contribution in [0, 0.1) is 5.82 Å². The van der Waals surface area contributed by atoms with Crippen molar-refractivity contribution >= 4 is 29.9 Å². The van der Waals surface area contributed by atoms with Crippen molar-refractivity contribution in [3.63, 3.8) is 0 Å². The molecule has 0 bridgehead atoms. The predicted octanol–water partition coefficient (Wildman–Crippen LogP) is 2.68. The molecule has 1 fully saturated rings. The SMILES string of the molecule is CN=C(NCc1ccc(F)cc1)NCC1(C)CCCO1.I. The van der Waals surface area contributed by atoms with Crippen LogP contribution in [0.25, 0.3) is 0 Å². The average Bonchev–Trinajstić information content (AvgIpc) is 2.88. The molecule has 1 atom stereocenters. The molecule has 1 unspecified atom stereocenters. The zero-order chi connectivity index (χ0) is 14.4. The largest absolute Gasteiger partial charge is 0.373 e. The number of rotatable bonds is 4. The van der Waals surface area contributed by atoms with Gasteiger partial charge in [0.25, 0.3) is 0 Å². The maximum Gasteiger partial charge on any atom is 0.191 e. The molecule has 118 valence electrons. The lowest BCUT2D eigenvalue weighted by molar-refractivity contribution is 0.0243. The third kappa shape index (κ3) is 5.78. The smallest absolute Gasteiger partial charge is 0.191 e. The Kier molecular flexibility index (Phi) is 7.37. The second kappa shape index (κ2) is 8.53. The van der Waals surface area contributed by atoms with Gasteiger partial charge < -0.3 is 15.4 Å². The minimum Gasteiger partial charge on any atom is -0.373 e. The number of nitrogens with one attached hydrogen (secondary N) is 2. The number of nitrogens with zero attached hydrogens (tertiary/aromatic N) is 1. The minimum absolute atomic E-state index is 0. The van der Waals surface area contributed by atoms with Gasteiger partial charge in [-0.2, -0.15) is 0 Å². The molecule has 1 aliphatic rings. The highest BCUT2D eigenvalue weighted by molar-refractivity contribution is 14.0. The molecular weight excluding hydrogens is 384 g/mol. The van der Waals surface area contributed by atoms with Crippen LogP contribution < -0.4 is 10.6 Å². The van der Waals surface area contributed by atoms with E-state index in [4.69, 9.17) is 4.74 Å². The van der Waals surface area contributed by atoms with Gasteiger partial charge in [0.05, 0.1) is 5.60 Å². The summed E-state index contributed by atoms with van der Waals surface area (Å²) in [6.45, 7) is 4.29. The van der Waals surface area contributed by atoms with E-state index >= 15 is 0 Å². The number of benzene rings is 1. The van der Waals surface area contributed by atoms with Crippen LogP contribution in [0.2, 0.25) is 0 Å². The monoisotopic (exact) mass is 407 g/mol. The van der Waals surface area contributed by atoms with Crippen LogP contribution >= 0.6 is 24.0 Å². The maximum atomic E-state index is 12.8. The van der Waals surface area contributed by atoms with Crippen molar-refractivity contribution in [2.24, 2.45) is 4.99 Å². The van der Waals surface area contributed by atoms with Crippen molar-refractivity contribution in [1.82, 2.24) is 10.6 Å². The fraction of sp³-hybridized carbons (Fsp3) is 0.533. The Labute approximate surface area is 142 Å². The molecule has 21 heavy (non-hydrogen) atoms. The second-order valence-electron chi connectivity index (χ2n) is 5.31. The molecule has 1 aromatic rings. The molecule has 1 aromatic carbocycles. The Bertz CT molecular complexity index is 458. The van der Waals surface area contributed by atoms with Crippen molar-refractivity contribution in [3.8, 4) is 0 Å². The van der Waals surface area contributed by atoms with Gasteiger partial charge in [-0.25, -0.2) is 4.39 Å². The highest BCUT2D eigenvalue weighted by Crippen LogP contribution is 2.23. The van der Waals surface area contributed by atoms with Crippen molar-refractivity contribution in [3.05, 3.63) is 35.6 Å². The molecule has 0 spiro atoms. The molecule has 0 amide bonds. The molecular formula is C15H23FIN3O. The van der Waals surface area contributed by atoms with Crippen LogP contribution in [0.5, 0.6) is 0 Å². The van der Waals surface area contributed by atoms with E-state index in [1.165, 1.54) is 12.1 Å². The molecule has 6 heteroatoms. The van der Waals surface area contributed by atoms with Gasteiger partial charge in [-0.3, -0.25) is 4.99 Å². The first-order chi connectivity index (χ1) is 9.61. The Hall–Kier alpha value is -0.890. The third-order valence-corrected chi connectivity index (χ3v) is 3.53. The van der Waals surface area contributed by atoms with Gasteiger partial charge >= 0.3 is 0 Å². The Morgan fingerprint density at radius 2 is 2.05 bits per heavy atom. The topological polar surface area (TPSA) is 45.7 Å². The number of ether oxygens (including phenoxy) is 1. The Morgan fingerprint density at radius 3 is 2.62 bits per heavy atom. The van der Waals surface area contributed by atoms with E-state index in [9.17, 15) is 4.39 Å². The van der Waals surface area contributed by atoms with Gasteiger partial charge in [0.2, 0.25) is 0 Å². The molecule has 4 nitrogen and oxygen atoms in total. The molecule has 2 rings (SSSR count). The number of hydrogen-bond acceptors (Lipinski definition) is 2. The second-order valence-corrected chi connectivity index (χ2v) is 5.31. The van der Waals surface area contributed by atoms with Gasteiger partial charge in [0, 0.05) is 26.7 Å². The summed E-state index contributed by atoms with van der Waals surface area (Å²) in [4.78, 5) is 4.18. The summed E-state index contributed by atoms with van der Waals surface area (Å²) in [7, 11) is 1.73. The van der Waals surface area contributed by atoms with Crippen LogP contribution in [-0.4, -0.2) is 31.8 Å². The van der Waals surface area contributed by atoms with E-state index in [1.54, 1.807) is 19.2 Å². The van der Waals surface area contributed by atoms with Crippen LogP contribution in [0.1, 0.15) is 25.3 Å². The summed E-state index contributed by atoms with van der Waals surface area (Å²) in [5, 5.41) is 6.48. The fourth-order valence-electron chi connectivity index (χ4n) is 2.26. The molecule has 1 saturated heterocycles. The summed E-state index contributed by atoms with van der Waals surface area (Å²) in [6.07, 6.45) is 2.18. The summed E-state index contributed by atoms with van der Waals surface area (Å²) in [5.74, 6) is 0.508. The van der Waals surface area contributed by atoms with Crippen molar-refractivity contribution < 1.29 is 9.13 Å². The van der Waals surface area contributed by atoms with Crippen molar-refractivity contribution in [2.45, 2.75) is 31.9 Å². The predicted molar refractivity (Wildman–Crippen MR) is 93.6 cm³/mol. The first-order valence-corrected chi connectivity index (χ1v) is 6.94. The van der Waals surface area contributed by atoms with E-state index < -0.39 is 0 Å². The number of halogens is 2. The van der Waals surface area contributed by atoms with Crippen LogP contribution in [0.4, 0.5) is 4.39 Å². The molecule has 1 heterocycles. The first-order valence-electron chi connectivity index (χ1n) is 6.94. The quantitative estimate of drug-likeness (QED) is 0.459. The number of guanidine groups is 1. The van der Waals surface area contributed by atoms with E-state index in [0.29, 0.717) is 6.54 Å². The maximum absolute atomic E-state index is 12.8. The molecule has 0 aliphatic carbocycles. The standard InChI is InChI=1S/C15H22FN3O.HI/c1-15(8-3-9-20-15)11-19-14(17-2)18-10-12-4-6-13(16)7-5-12;/h4-7H,3,8-11H2,1-2H3,(H2,17,18,19);1H. The van der Waals surface area contributed by atoms with E-state index in [1.807, 2.05) is 0 Å². The lowest BCUT2D eigenvalue weighted by Crippen LogP contribution is -2.45. The highest BCUT2D eigenvalue weighted by Gasteiger charge is 2.29. The molecule has 1 aliphatic heterocycles. The minimum atomic E-state index is -0.220. The average molecular weight is 407 g/mol. The fourth-order valence-corrected chi connectivity index (χ4v) is 2.26. The lowest BCUT2D eigenvalue weighted by Gasteiger charge is -2.24. The van der Waals surface area contributed by atoms with Crippen LogP contribution in [0.15, 0.2) is 29.3 Å². The van der Waals surface area contributed by atoms with E-state index in [-0.39, 0.29) is 35.4 Å². The number of aliphatic imine (C=N–C) groups is 1. The summed E-state index contributed by atoms with van der Waals surface area (Å²) in [6, 6.07) is 6.44. The highest BCUT2D eigenvalue weighted by atomic mass is 127. The summed E-state index contributed by atoms with van der Waals surface area (Å²) < 4.78 is 18.5. The van der Waals surface area contributed by atoms with Gasteiger partial charge in [0.1, 0.15) is 5.82 Å². The van der Waals surface area contributed by atoms with Crippen LogP contribution in [0.3, 0.4) is 0 Å². The summed E-state index contributed by atoms with van der Waals surface area (Å²) >= 11 is 0. The zero-order valence-electron chi connectivity index (χ0n) is 12.5. The Morgan fingerprint density at radius 1 is 1.33 bits per heavy atom. The van der Waals surface area contributed by atoms with Crippen LogP contribution in [-0.2, 0) is 11.3 Å². The molecule has 0 radical (unpaired) electrons. The molecule has 2 N–H and O–H groups in total. The Balaban J connectivity index is 0.00000220. The van der Waals surface area contributed by atoms with Crippen molar-refractivity contribution in [2.75, 3.05) is 20.2 Å². The molecule has 0 saturated carbocycles. The van der Waals surface area contributed by atoms with E-state index in [0.717, 1.165) is 37.5 Å².